The third-order valence-corrected chi connectivity index (χ3v) is 3.01. The first-order valence-corrected chi connectivity index (χ1v) is 6.14. The molecule has 0 unspecified atom stereocenters. The summed E-state index contributed by atoms with van der Waals surface area (Å²) in [7, 11) is 0. The van der Waals surface area contributed by atoms with E-state index < -0.39 is 12.6 Å². The summed E-state index contributed by atoms with van der Waals surface area (Å²) < 4.78 is 0. The van der Waals surface area contributed by atoms with Crippen LogP contribution in [-0.2, 0) is 16.2 Å². The number of tetrazole rings is 1. The highest BCUT2D eigenvalue weighted by molar-refractivity contribution is 5.67. The molecule has 1 aromatic rings. The lowest BCUT2D eigenvalue weighted by Crippen LogP contribution is -2.50. The third kappa shape index (κ3) is 3.95. The molecule has 1 aliphatic heterocycles. The number of likely N-dealkylation sites (tertiary alicyclic amines) is 1. The van der Waals surface area contributed by atoms with Crippen molar-refractivity contribution in [1.29, 1.82) is 5.26 Å². The average Bonchev–Trinajstić information content (AvgIpc) is 2.91. The number of hydrogen-bond acceptors (Lipinski definition) is 8. The van der Waals surface area contributed by atoms with Gasteiger partial charge in [0, 0.05) is 12.6 Å². The van der Waals surface area contributed by atoms with Crippen molar-refractivity contribution in [3.8, 4) is 6.07 Å². The quantitative estimate of drug-likeness (QED) is 0.540. The number of rotatable bonds is 6. The zero-order chi connectivity index (χ0) is 14.4. The summed E-state index contributed by atoms with van der Waals surface area (Å²) >= 11 is 0. The summed E-state index contributed by atoms with van der Waals surface area (Å²) in [6.07, 6.45) is 1.41. The Morgan fingerprint density at radius 3 is 3.15 bits per heavy atom. The molecule has 10 heteroatoms. The maximum absolute atomic E-state index is 10.4. The van der Waals surface area contributed by atoms with E-state index in [2.05, 4.69) is 32.2 Å². The smallest absolute Gasteiger partial charge is 0.331 e. The molecule has 2 atom stereocenters. The summed E-state index contributed by atoms with van der Waals surface area (Å²) in [6.45, 7) is 0.557. The molecule has 0 aliphatic carbocycles. The van der Waals surface area contributed by atoms with Crippen LogP contribution >= 0.6 is 0 Å². The van der Waals surface area contributed by atoms with Gasteiger partial charge in [-0.05, 0) is 12.8 Å². The van der Waals surface area contributed by atoms with E-state index >= 15 is 0 Å². The number of hydrogen-bond donors (Lipinski definition) is 3. The molecule has 20 heavy (non-hydrogen) atoms. The predicted molar refractivity (Wildman–Crippen MR) is 63.7 cm³/mol. The normalized spacial score (nSPS) is 23.4. The van der Waals surface area contributed by atoms with Crippen LogP contribution in [0, 0.1) is 11.3 Å². The van der Waals surface area contributed by atoms with Gasteiger partial charge in [0.05, 0.1) is 18.7 Å². The van der Waals surface area contributed by atoms with E-state index in [0.717, 1.165) is 6.42 Å². The molecule has 0 spiro atoms. The number of hydroxylamine groups is 1. The Morgan fingerprint density at radius 2 is 2.50 bits per heavy atom. The molecule has 1 aromatic heterocycles. The second-order valence-electron chi connectivity index (χ2n) is 4.48. The molecular formula is C10H15N7O3. The standard InChI is InChI=1S/C10H15N7O3/c11-3-8-2-1-7(14-20-6-10(18)19)4-17(8)5-9-12-15-16-13-9/h7-8,14H,1-2,4-6H2,(H,18,19)(H,12,13,15,16)/t7-,8+/m1/s1. The van der Waals surface area contributed by atoms with Crippen LogP contribution in [0.1, 0.15) is 18.7 Å². The Hall–Kier alpha value is -2.09. The van der Waals surface area contributed by atoms with Crippen LogP contribution in [0.25, 0.3) is 0 Å². The molecule has 3 N–H and O–H groups in total. The van der Waals surface area contributed by atoms with Gasteiger partial charge in [0.25, 0.3) is 0 Å². The van der Waals surface area contributed by atoms with E-state index in [9.17, 15) is 4.79 Å². The van der Waals surface area contributed by atoms with Gasteiger partial charge in [-0.1, -0.05) is 5.21 Å². The molecule has 1 saturated heterocycles. The number of nitrogens with zero attached hydrogens (tertiary/aromatic N) is 5. The summed E-state index contributed by atoms with van der Waals surface area (Å²) in [5.41, 5.74) is 2.71. The Bertz CT molecular complexity index is 472. The first-order chi connectivity index (χ1) is 9.69. The van der Waals surface area contributed by atoms with Gasteiger partial charge < -0.3 is 5.11 Å². The molecule has 1 aliphatic rings. The predicted octanol–water partition coefficient (Wildman–Crippen LogP) is -1.34. The lowest BCUT2D eigenvalue weighted by molar-refractivity contribution is -0.146. The number of carboxylic acid groups (broad SMARTS) is 1. The second-order valence-corrected chi connectivity index (χ2v) is 4.48. The number of nitrogens with one attached hydrogen (secondary N) is 2. The number of H-pyrrole nitrogens is 1. The van der Waals surface area contributed by atoms with Crippen LogP contribution in [0.3, 0.4) is 0 Å². The first kappa shape index (κ1) is 14.3. The van der Waals surface area contributed by atoms with Crippen LogP contribution in [0.15, 0.2) is 0 Å². The highest BCUT2D eigenvalue weighted by Crippen LogP contribution is 2.18. The fraction of sp³-hybridized carbons (Fsp3) is 0.700. The van der Waals surface area contributed by atoms with Gasteiger partial charge in [-0.15, -0.1) is 10.2 Å². The van der Waals surface area contributed by atoms with Gasteiger partial charge in [-0.2, -0.15) is 16.0 Å². The summed E-state index contributed by atoms with van der Waals surface area (Å²) in [5.74, 6) is -0.524. The third-order valence-electron chi connectivity index (χ3n) is 3.01. The summed E-state index contributed by atoms with van der Waals surface area (Å²) in [5, 5.41) is 31.2. The Balaban J connectivity index is 1.87. The zero-order valence-corrected chi connectivity index (χ0v) is 10.7. The minimum atomic E-state index is -1.04. The first-order valence-electron chi connectivity index (χ1n) is 6.14. The fourth-order valence-corrected chi connectivity index (χ4v) is 2.11. The van der Waals surface area contributed by atoms with Gasteiger partial charge in [0.2, 0.25) is 0 Å². The molecular weight excluding hydrogens is 266 g/mol. The van der Waals surface area contributed by atoms with Gasteiger partial charge in [0.1, 0.15) is 0 Å². The van der Waals surface area contributed by atoms with E-state index in [1.165, 1.54) is 0 Å². The van der Waals surface area contributed by atoms with E-state index in [4.69, 9.17) is 15.2 Å². The largest absolute Gasteiger partial charge is 0.479 e. The Morgan fingerprint density at radius 1 is 1.65 bits per heavy atom. The maximum atomic E-state index is 10.4. The van der Waals surface area contributed by atoms with Gasteiger partial charge in [-0.3, -0.25) is 9.74 Å². The van der Waals surface area contributed by atoms with Crippen molar-refractivity contribution in [1.82, 2.24) is 31.0 Å². The molecule has 2 rings (SSSR count). The highest BCUT2D eigenvalue weighted by Gasteiger charge is 2.29. The molecule has 10 nitrogen and oxygen atoms in total. The molecule has 0 saturated carbocycles. The van der Waals surface area contributed by atoms with Crippen molar-refractivity contribution in [2.45, 2.75) is 31.5 Å². The molecule has 0 bridgehead atoms. The van der Waals surface area contributed by atoms with Crippen LogP contribution in [-0.4, -0.2) is 61.8 Å². The summed E-state index contributed by atoms with van der Waals surface area (Å²) in [4.78, 5) is 17.2. The number of carboxylic acids is 1. The number of piperidine rings is 1. The zero-order valence-electron chi connectivity index (χ0n) is 10.7. The number of nitriles is 1. The van der Waals surface area contributed by atoms with Crippen molar-refractivity contribution in [2.24, 2.45) is 0 Å². The van der Waals surface area contributed by atoms with Crippen LogP contribution in [0.4, 0.5) is 0 Å². The SMILES string of the molecule is N#C[C@@H]1CC[C@@H](NOCC(=O)O)CN1Cc1nn[nH]n1. The van der Waals surface area contributed by atoms with Crippen molar-refractivity contribution in [2.75, 3.05) is 13.2 Å². The minimum Gasteiger partial charge on any atom is -0.479 e. The Kier molecular flexibility index (Phi) is 4.94. The molecule has 0 amide bonds. The molecule has 0 aromatic carbocycles. The number of aromatic amines is 1. The maximum Gasteiger partial charge on any atom is 0.331 e. The summed E-state index contributed by atoms with van der Waals surface area (Å²) in [6, 6.07) is 1.99. The monoisotopic (exact) mass is 281 g/mol. The van der Waals surface area contributed by atoms with E-state index in [1.807, 2.05) is 4.90 Å². The molecule has 0 radical (unpaired) electrons. The topological polar surface area (TPSA) is 140 Å². The van der Waals surface area contributed by atoms with E-state index in [0.29, 0.717) is 25.3 Å². The van der Waals surface area contributed by atoms with Gasteiger partial charge >= 0.3 is 5.97 Å². The van der Waals surface area contributed by atoms with Crippen LogP contribution in [0.2, 0.25) is 0 Å². The second kappa shape index (κ2) is 6.90. The number of aromatic nitrogens is 4. The van der Waals surface area contributed by atoms with Crippen molar-refractivity contribution >= 4 is 5.97 Å². The van der Waals surface area contributed by atoms with E-state index in [1.54, 1.807) is 0 Å². The molecule has 1 fully saturated rings. The van der Waals surface area contributed by atoms with Crippen molar-refractivity contribution < 1.29 is 14.7 Å². The highest BCUT2D eigenvalue weighted by atomic mass is 16.7. The molecule has 2 heterocycles. The lowest BCUT2D eigenvalue weighted by atomic mass is 9.99. The fourth-order valence-electron chi connectivity index (χ4n) is 2.11. The minimum absolute atomic E-state index is 0.0362. The molecule has 108 valence electrons. The van der Waals surface area contributed by atoms with Crippen LogP contribution in [0.5, 0.6) is 0 Å². The van der Waals surface area contributed by atoms with Crippen LogP contribution < -0.4 is 5.48 Å². The lowest BCUT2D eigenvalue weighted by Gasteiger charge is -2.35. The van der Waals surface area contributed by atoms with Crippen molar-refractivity contribution in [3.05, 3.63) is 5.82 Å². The van der Waals surface area contributed by atoms with Crippen molar-refractivity contribution in [3.63, 3.8) is 0 Å². The number of carbonyl (C=O) groups is 1. The van der Waals surface area contributed by atoms with Gasteiger partial charge in [-0.25, -0.2) is 4.79 Å². The van der Waals surface area contributed by atoms with E-state index in [-0.39, 0.29) is 12.1 Å². The Labute approximate surface area is 114 Å². The number of aliphatic carboxylic acids is 1. The average molecular weight is 281 g/mol. The van der Waals surface area contributed by atoms with Gasteiger partial charge in [0.15, 0.2) is 12.4 Å².